The molecular weight excluding hydrogens is 290 g/mol. The van der Waals surface area contributed by atoms with Crippen LogP contribution in [0.5, 0.6) is 0 Å². The average Bonchev–Trinajstić information content (AvgIpc) is 2.23. The van der Waals surface area contributed by atoms with Crippen molar-refractivity contribution in [2.75, 3.05) is 11.9 Å². The number of halogens is 1. The standard InChI is InChI=1S/C15H22BrNO/c1-10(2)17(7-6-16)15(18)14-12(4)8-11(3)9-13(14)5/h8-10H,6-7H2,1-5H3. The van der Waals surface area contributed by atoms with Gasteiger partial charge in [-0.25, -0.2) is 0 Å². The van der Waals surface area contributed by atoms with Crippen LogP contribution in [0.25, 0.3) is 0 Å². The second kappa shape index (κ2) is 6.37. The average molecular weight is 312 g/mol. The molecular formula is C15H22BrNO. The van der Waals surface area contributed by atoms with Crippen LogP contribution >= 0.6 is 15.9 Å². The van der Waals surface area contributed by atoms with Crippen LogP contribution in [0.4, 0.5) is 0 Å². The molecule has 0 radical (unpaired) electrons. The lowest BCUT2D eigenvalue weighted by atomic mass is 9.98. The van der Waals surface area contributed by atoms with Crippen LogP contribution in [-0.2, 0) is 0 Å². The highest BCUT2D eigenvalue weighted by Gasteiger charge is 2.21. The molecule has 0 spiro atoms. The SMILES string of the molecule is Cc1cc(C)c(C(=O)N(CCBr)C(C)C)c(C)c1. The van der Waals surface area contributed by atoms with Gasteiger partial charge in [-0.1, -0.05) is 33.6 Å². The van der Waals surface area contributed by atoms with Crippen LogP contribution in [0.2, 0.25) is 0 Å². The highest BCUT2D eigenvalue weighted by molar-refractivity contribution is 9.09. The maximum atomic E-state index is 12.6. The van der Waals surface area contributed by atoms with Gasteiger partial charge in [0.1, 0.15) is 0 Å². The van der Waals surface area contributed by atoms with Gasteiger partial charge in [0.25, 0.3) is 5.91 Å². The van der Waals surface area contributed by atoms with Crippen molar-refractivity contribution < 1.29 is 4.79 Å². The summed E-state index contributed by atoms with van der Waals surface area (Å²) in [6.07, 6.45) is 0. The van der Waals surface area contributed by atoms with Crippen LogP contribution < -0.4 is 0 Å². The third-order valence-electron chi connectivity index (χ3n) is 3.10. The lowest BCUT2D eigenvalue weighted by molar-refractivity contribution is 0.0718. The van der Waals surface area contributed by atoms with Gasteiger partial charge in [0.05, 0.1) is 0 Å². The highest BCUT2D eigenvalue weighted by Crippen LogP contribution is 2.19. The number of benzene rings is 1. The summed E-state index contributed by atoms with van der Waals surface area (Å²) in [4.78, 5) is 14.6. The summed E-state index contributed by atoms with van der Waals surface area (Å²) in [6.45, 7) is 10.9. The van der Waals surface area contributed by atoms with Crippen molar-refractivity contribution in [1.29, 1.82) is 0 Å². The zero-order chi connectivity index (χ0) is 13.9. The van der Waals surface area contributed by atoms with E-state index in [4.69, 9.17) is 0 Å². The van der Waals surface area contributed by atoms with E-state index >= 15 is 0 Å². The van der Waals surface area contributed by atoms with E-state index in [-0.39, 0.29) is 11.9 Å². The Morgan fingerprint density at radius 1 is 1.22 bits per heavy atom. The molecule has 18 heavy (non-hydrogen) atoms. The quantitative estimate of drug-likeness (QED) is 0.773. The Morgan fingerprint density at radius 2 is 1.72 bits per heavy atom. The molecule has 100 valence electrons. The number of hydrogen-bond acceptors (Lipinski definition) is 1. The minimum Gasteiger partial charge on any atom is -0.335 e. The summed E-state index contributed by atoms with van der Waals surface area (Å²) in [5.41, 5.74) is 4.20. The van der Waals surface area contributed by atoms with E-state index in [1.165, 1.54) is 5.56 Å². The van der Waals surface area contributed by atoms with Crippen LogP contribution in [0.15, 0.2) is 12.1 Å². The Morgan fingerprint density at radius 3 is 2.11 bits per heavy atom. The van der Waals surface area contributed by atoms with E-state index in [0.29, 0.717) is 0 Å². The lowest BCUT2D eigenvalue weighted by Crippen LogP contribution is -2.39. The van der Waals surface area contributed by atoms with E-state index in [0.717, 1.165) is 28.6 Å². The first-order chi connectivity index (χ1) is 8.38. The fraction of sp³-hybridized carbons (Fsp3) is 0.533. The smallest absolute Gasteiger partial charge is 0.254 e. The Balaban J connectivity index is 3.16. The summed E-state index contributed by atoms with van der Waals surface area (Å²) in [6, 6.07) is 4.37. The van der Waals surface area contributed by atoms with Crippen molar-refractivity contribution in [3.63, 3.8) is 0 Å². The van der Waals surface area contributed by atoms with Gasteiger partial charge < -0.3 is 4.90 Å². The normalized spacial score (nSPS) is 10.8. The summed E-state index contributed by atoms with van der Waals surface area (Å²) in [5.74, 6) is 0.138. The van der Waals surface area contributed by atoms with Crippen molar-refractivity contribution >= 4 is 21.8 Å². The number of alkyl halides is 1. The van der Waals surface area contributed by atoms with Crippen molar-refractivity contribution in [1.82, 2.24) is 4.90 Å². The van der Waals surface area contributed by atoms with Gasteiger partial charge >= 0.3 is 0 Å². The Kier molecular flexibility index (Phi) is 5.39. The number of aryl methyl sites for hydroxylation is 3. The number of rotatable bonds is 4. The summed E-state index contributed by atoms with van der Waals surface area (Å²) >= 11 is 3.41. The number of hydrogen-bond donors (Lipinski definition) is 0. The second-order valence-corrected chi connectivity index (χ2v) is 5.85. The molecule has 1 aromatic carbocycles. The fourth-order valence-electron chi connectivity index (χ4n) is 2.35. The predicted octanol–water partition coefficient (Wildman–Crippen LogP) is 3.86. The first-order valence-electron chi connectivity index (χ1n) is 6.33. The Bertz CT molecular complexity index is 417. The van der Waals surface area contributed by atoms with Crippen molar-refractivity contribution in [2.24, 2.45) is 0 Å². The van der Waals surface area contributed by atoms with Gasteiger partial charge in [-0.2, -0.15) is 0 Å². The van der Waals surface area contributed by atoms with E-state index in [1.54, 1.807) is 0 Å². The molecule has 0 aliphatic heterocycles. The monoisotopic (exact) mass is 311 g/mol. The number of amides is 1. The van der Waals surface area contributed by atoms with Gasteiger partial charge in [0.2, 0.25) is 0 Å². The molecule has 1 aromatic rings. The highest BCUT2D eigenvalue weighted by atomic mass is 79.9. The molecule has 0 aromatic heterocycles. The largest absolute Gasteiger partial charge is 0.335 e. The van der Waals surface area contributed by atoms with Crippen molar-refractivity contribution in [3.05, 3.63) is 34.4 Å². The molecule has 0 heterocycles. The third-order valence-corrected chi connectivity index (χ3v) is 3.46. The lowest BCUT2D eigenvalue weighted by Gasteiger charge is -2.27. The molecule has 1 amide bonds. The molecule has 3 heteroatoms. The van der Waals surface area contributed by atoms with Crippen LogP contribution in [0, 0.1) is 20.8 Å². The molecule has 0 saturated carbocycles. The van der Waals surface area contributed by atoms with Crippen LogP contribution in [0.3, 0.4) is 0 Å². The molecule has 0 aliphatic carbocycles. The number of nitrogens with zero attached hydrogens (tertiary/aromatic N) is 1. The van der Waals surface area contributed by atoms with E-state index in [9.17, 15) is 4.79 Å². The molecule has 2 nitrogen and oxygen atoms in total. The Hall–Kier alpha value is -0.830. The van der Waals surface area contributed by atoms with E-state index in [1.807, 2.05) is 18.7 Å². The first-order valence-corrected chi connectivity index (χ1v) is 7.45. The molecule has 0 saturated heterocycles. The van der Waals surface area contributed by atoms with Crippen molar-refractivity contribution in [3.8, 4) is 0 Å². The van der Waals surface area contributed by atoms with Gasteiger partial charge in [0, 0.05) is 23.5 Å². The van der Waals surface area contributed by atoms with E-state index in [2.05, 4.69) is 48.8 Å². The minimum absolute atomic E-state index is 0.138. The van der Waals surface area contributed by atoms with Gasteiger partial charge in [-0.05, 0) is 45.7 Å². The molecule has 0 unspecified atom stereocenters. The maximum absolute atomic E-state index is 12.6. The van der Waals surface area contributed by atoms with Gasteiger partial charge in [-0.3, -0.25) is 4.79 Å². The summed E-state index contributed by atoms with van der Waals surface area (Å²) in [5, 5.41) is 0.806. The zero-order valence-electron chi connectivity index (χ0n) is 11.9. The molecule has 0 N–H and O–H groups in total. The Labute approximate surface area is 119 Å². The molecule has 1 rings (SSSR count). The zero-order valence-corrected chi connectivity index (χ0v) is 13.5. The molecule has 0 bridgehead atoms. The van der Waals surface area contributed by atoms with Crippen LogP contribution in [-0.4, -0.2) is 28.7 Å². The summed E-state index contributed by atoms with van der Waals surface area (Å²) in [7, 11) is 0. The third kappa shape index (κ3) is 3.35. The predicted molar refractivity (Wildman–Crippen MR) is 80.6 cm³/mol. The van der Waals surface area contributed by atoms with E-state index < -0.39 is 0 Å². The minimum atomic E-state index is 0.138. The van der Waals surface area contributed by atoms with Crippen molar-refractivity contribution in [2.45, 2.75) is 40.7 Å². The number of carbonyl (C=O) groups is 1. The summed E-state index contributed by atoms with van der Waals surface area (Å²) < 4.78 is 0. The molecule has 0 fully saturated rings. The maximum Gasteiger partial charge on any atom is 0.254 e. The first kappa shape index (κ1) is 15.2. The van der Waals surface area contributed by atoms with Gasteiger partial charge in [0.15, 0.2) is 0 Å². The second-order valence-electron chi connectivity index (χ2n) is 5.05. The number of carbonyl (C=O) groups excluding carboxylic acids is 1. The topological polar surface area (TPSA) is 20.3 Å². The molecule has 0 aliphatic rings. The molecule has 0 atom stereocenters. The van der Waals surface area contributed by atoms with Crippen LogP contribution in [0.1, 0.15) is 40.9 Å². The van der Waals surface area contributed by atoms with Gasteiger partial charge in [-0.15, -0.1) is 0 Å². The fourth-order valence-corrected chi connectivity index (χ4v) is 2.73.